The number of aryl methyl sites for hydroxylation is 1. The van der Waals surface area contributed by atoms with Gasteiger partial charge in [0, 0.05) is 16.6 Å². The van der Waals surface area contributed by atoms with Gasteiger partial charge in [0.1, 0.15) is 16.6 Å². The topological polar surface area (TPSA) is 46.5 Å². The van der Waals surface area contributed by atoms with E-state index in [9.17, 15) is 9.18 Å². The van der Waals surface area contributed by atoms with Crippen molar-refractivity contribution in [2.75, 3.05) is 12.4 Å². The maximum absolute atomic E-state index is 14.5. The van der Waals surface area contributed by atoms with Crippen molar-refractivity contribution in [2.45, 2.75) is 38.3 Å². The first kappa shape index (κ1) is 21.9. The number of para-hydroxylation sites is 1. The number of thiophene rings is 1. The molecule has 1 aliphatic carbocycles. The third-order valence-electron chi connectivity index (χ3n) is 6.96. The number of fused-ring (bicyclic) bond motifs is 5. The molecule has 2 aliphatic rings. The van der Waals surface area contributed by atoms with E-state index in [4.69, 9.17) is 4.74 Å². The number of nitrogens with one attached hydrogen (secondary N) is 1. The van der Waals surface area contributed by atoms with Crippen molar-refractivity contribution in [1.82, 2.24) is 9.47 Å². The van der Waals surface area contributed by atoms with Crippen LogP contribution in [0.2, 0.25) is 0 Å². The van der Waals surface area contributed by atoms with Crippen LogP contribution < -0.4 is 10.1 Å². The minimum atomic E-state index is -0.453. The summed E-state index contributed by atoms with van der Waals surface area (Å²) < 4.78 is 22.2. The van der Waals surface area contributed by atoms with E-state index in [0.717, 1.165) is 36.3 Å². The number of nitrogens with zero attached hydrogens (tertiary/aromatic N) is 2. The fraction of sp³-hybridized carbons (Fsp3) is 0.250. The second-order valence-corrected chi connectivity index (χ2v) is 10.1. The van der Waals surface area contributed by atoms with Crippen LogP contribution in [-0.4, -0.2) is 22.6 Å². The molecular formula is C28H26FN3O2S. The molecule has 3 heterocycles. The average molecular weight is 488 g/mol. The molecule has 35 heavy (non-hydrogen) atoms. The molecule has 0 saturated heterocycles. The lowest BCUT2D eigenvalue weighted by Crippen LogP contribution is -2.38. The normalized spacial score (nSPS) is 16.6. The van der Waals surface area contributed by atoms with Gasteiger partial charge in [-0.1, -0.05) is 24.3 Å². The molecule has 0 fully saturated rings. The zero-order valence-corrected chi connectivity index (χ0v) is 20.3. The zero-order chi connectivity index (χ0) is 23.9. The molecule has 1 aliphatic heterocycles. The molecule has 7 heteroatoms. The summed E-state index contributed by atoms with van der Waals surface area (Å²) in [5, 5.41) is 4.02. The summed E-state index contributed by atoms with van der Waals surface area (Å²) in [6, 6.07) is 17.5. The zero-order valence-electron chi connectivity index (χ0n) is 19.5. The van der Waals surface area contributed by atoms with Crippen molar-refractivity contribution >= 4 is 23.1 Å². The maximum Gasteiger partial charge on any atom is 0.323 e. The molecule has 4 aromatic rings. The monoisotopic (exact) mass is 487 g/mol. The molecule has 5 nitrogen and oxygen atoms in total. The predicted molar refractivity (Wildman–Crippen MR) is 136 cm³/mol. The number of aromatic nitrogens is 1. The number of urea groups is 1. The molecule has 2 amide bonds. The highest BCUT2D eigenvalue weighted by Crippen LogP contribution is 2.44. The van der Waals surface area contributed by atoms with E-state index in [2.05, 4.69) is 22.1 Å². The molecule has 2 aromatic carbocycles. The molecular weight excluding hydrogens is 461 g/mol. The van der Waals surface area contributed by atoms with Gasteiger partial charge in [0.2, 0.25) is 0 Å². The van der Waals surface area contributed by atoms with Crippen LogP contribution in [0.25, 0.3) is 5.00 Å². The Morgan fingerprint density at radius 3 is 2.77 bits per heavy atom. The van der Waals surface area contributed by atoms with E-state index in [1.54, 1.807) is 25.3 Å². The third kappa shape index (κ3) is 3.80. The lowest BCUT2D eigenvalue weighted by Gasteiger charge is -2.31. The summed E-state index contributed by atoms with van der Waals surface area (Å²) in [4.78, 5) is 17.1. The smallest absolute Gasteiger partial charge is 0.323 e. The molecule has 6 rings (SSSR count). The first-order valence-electron chi connectivity index (χ1n) is 11.9. The van der Waals surface area contributed by atoms with E-state index < -0.39 is 5.82 Å². The van der Waals surface area contributed by atoms with Crippen LogP contribution in [0.15, 0.2) is 66.9 Å². The molecule has 2 aromatic heterocycles. The van der Waals surface area contributed by atoms with Gasteiger partial charge < -0.3 is 19.5 Å². The van der Waals surface area contributed by atoms with E-state index in [1.807, 2.05) is 46.6 Å². The quantitative estimate of drug-likeness (QED) is 0.349. The number of benzene rings is 2. The molecule has 0 bridgehead atoms. The van der Waals surface area contributed by atoms with Crippen LogP contribution in [0, 0.1) is 5.82 Å². The van der Waals surface area contributed by atoms with Crippen molar-refractivity contribution < 1.29 is 13.9 Å². The van der Waals surface area contributed by atoms with Crippen molar-refractivity contribution in [1.29, 1.82) is 0 Å². The number of ether oxygens (including phenoxy) is 1. The Labute approximate surface area is 207 Å². The number of methoxy groups -OCH3 is 1. The Morgan fingerprint density at radius 2 is 1.91 bits per heavy atom. The molecule has 178 valence electrons. The molecule has 1 N–H and O–H groups in total. The number of halogens is 1. The highest BCUT2D eigenvalue weighted by Gasteiger charge is 2.36. The standard InChI is InChI=1S/C28H26FN3O2S/c1-34-19-9-6-8-18(16-19)26-24-13-7-15-31(24)27-21(20-10-2-5-14-25(20)35-27)17-32(26)28(33)30-23-12-4-3-11-22(23)29/h3-4,6-9,11-13,15-16,26H,2,5,10,14,17H2,1H3,(H,30,33)/t26-/m1/s1. The number of anilines is 1. The Balaban J connectivity index is 1.51. The largest absolute Gasteiger partial charge is 0.497 e. The number of rotatable bonds is 3. The summed E-state index contributed by atoms with van der Waals surface area (Å²) in [7, 11) is 1.64. The van der Waals surface area contributed by atoms with Crippen LogP contribution in [0.3, 0.4) is 0 Å². The number of hydrogen-bond donors (Lipinski definition) is 1. The molecule has 1 atom stereocenters. The van der Waals surface area contributed by atoms with E-state index in [1.165, 1.54) is 33.5 Å². The summed E-state index contributed by atoms with van der Waals surface area (Å²) >= 11 is 1.84. The Bertz CT molecular complexity index is 1410. The van der Waals surface area contributed by atoms with E-state index in [0.29, 0.717) is 6.54 Å². The van der Waals surface area contributed by atoms with Crippen LogP contribution in [0.1, 0.15) is 46.1 Å². The number of hydrogen-bond acceptors (Lipinski definition) is 3. The third-order valence-corrected chi connectivity index (χ3v) is 8.30. The summed E-state index contributed by atoms with van der Waals surface area (Å²) in [6.07, 6.45) is 6.57. The number of carbonyl (C=O) groups is 1. The van der Waals surface area contributed by atoms with Gasteiger partial charge in [-0.25, -0.2) is 9.18 Å². The summed E-state index contributed by atoms with van der Waals surface area (Å²) in [5.41, 5.74) is 4.70. The number of carbonyl (C=O) groups excluding carboxylic acids is 1. The van der Waals surface area contributed by atoms with Gasteiger partial charge in [-0.15, -0.1) is 11.3 Å². The summed E-state index contributed by atoms with van der Waals surface area (Å²) in [5.74, 6) is 0.275. The first-order valence-corrected chi connectivity index (χ1v) is 12.7. The second-order valence-electron chi connectivity index (χ2n) is 9.01. The molecule has 0 spiro atoms. The van der Waals surface area contributed by atoms with Gasteiger partial charge in [-0.3, -0.25) is 0 Å². The molecule has 0 unspecified atom stereocenters. The first-order chi connectivity index (χ1) is 17.1. The number of amides is 2. The minimum absolute atomic E-state index is 0.175. The predicted octanol–water partition coefficient (Wildman–Crippen LogP) is 6.70. The van der Waals surface area contributed by atoms with Gasteiger partial charge in [0.15, 0.2) is 0 Å². The Morgan fingerprint density at radius 1 is 1.06 bits per heavy atom. The van der Waals surface area contributed by atoms with E-state index in [-0.39, 0.29) is 17.8 Å². The average Bonchev–Trinajstić information content (AvgIpc) is 3.47. The van der Waals surface area contributed by atoms with Crippen molar-refractivity contribution in [3.63, 3.8) is 0 Å². The maximum atomic E-state index is 14.5. The van der Waals surface area contributed by atoms with Crippen molar-refractivity contribution in [2.24, 2.45) is 0 Å². The van der Waals surface area contributed by atoms with Crippen molar-refractivity contribution in [3.05, 3.63) is 99.9 Å². The highest BCUT2D eigenvalue weighted by molar-refractivity contribution is 7.15. The lowest BCUT2D eigenvalue weighted by atomic mass is 9.95. The lowest BCUT2D eigenvalue weighted by molar-refractivity contribution is 0.194. The van der Waals surface area contributed by atoms with Crippen LogP contribution in [-0.2, 0) is 19.4 Å². The molecule has 0 radical (unpaired) electrons. The van der Waals surface area contributed by atoms with Gasteiger partial charge >= 0.3 is 6.03 Å². The molecule has 0 saturated carbocycles. The van der Waals surface area contributed by atoms with Gasteiger partial charge in [-0.2, -0.15) is 0 Å². The second kappa shape index (κ2) is 8.89. The minimum Gasteiger partial charge on any atom is -0.497 e. The van der Waals surface area contributed by atoms with E-state index >= 15 is 0 Å². The Hall–Kier alpha value is -3.58. The summed E-state index contributed by atoms with van der Waals surface area (Å²) in [6.45, 7) is 0.449. The van der Waals surface area contributed by atoms with Gasteiger partial charge in [0.25, 0.3) is 0 Å². The highest BCUT2D eigenvalue weighted by atomic mass is 32.1. The Kier molecular flexibility index (Phi) is 5.57. The fourth-order valence-electron chi connectivity index (χ4n) is 5.30. The SMILES string of the molecule is COc1cccc([C@@H]2c3cccn3-c3sc4c(c3CN2C(=O)Nc2ccccc2F)CCCC4)c1. The van der Waals surface area contributed by atoms with Gasteiger partial charge in [0.05, 0.1) is 31.1 Å². The van der Waals surface area contributed by atoms with Crippen LogP contribution in [0.5, 0.6) is 5.75 Å². The van der Waals surface area contributed by atoms with Crippen LogP contribution in [0.4, 0.5) is 14.9 Å². The van der Waals surface area contributed by atoms with Gasteiger partial charge in [-0.05, 0) is 73.2 Å². The van der Waals surface area contributed by atoms with Crippen LogP contribution >= 0.6 is 11.3 Å². The fourth-order valence-corrected chi connectivity index (χ4v) is 6.70. The van der Waals surface area contributed by atoms with Crippen molar-refractivity contribution in [3.8, 4) is 10.8 Å².